The minimum absolute atomic E-state index is 0. The van der Waals surface area contributed by atoms with E-state index >= 15 is 0 Å². The highest BCUT2D eigenvalue weighted by molar-refractivity contribution is 6.30. The molecule has 116 valence electrons. The van der Waals surface area contributed by atoms with Crippen molar-refractivity contribution in [3.05, 3.63) is 22.7 Å². The maximum atomic E-state index is 6.10. The van der Waals surface area contributed by atoms with Crippen LogP contribution < -0.4 is 14.8 Å². The van der Waals surface area contributed by atoms with Gasteiger partial charge in [-0.3, -0.25) is 0 Å². The molecule has 0 heterocycles. The standard InChI is InChI=1S/C15H24ClNO2.ClH/c1-5-19-15-12(10-17-7-6-11(2)3)8-13(16)9-14(15)18-4;/h8-9,11,17H,5-7,10H2,1-4H3;1H. The Morgan fingerprint density at radius 2 is 2.00 bits per heavy atom. The summed E-state index contributed by atoms with van der Waals surface area (Å²) in [6, 6.07) is 3.71. The number of rotatable bonds is 8. The van der Waals surface area contributed by atoms with Crippen LogP contribution in [0.3, 0.4) is 0 Å². The summed E-state index contributed by atoms with van der Waals surface area (Å²) in [5, 5.41) is 4.08. The van der Waals surface area contributed by atoms with Crippen molar-refractivity contribution < 1.29 is 9.47 Å². The van der Waals surface area contributed by atoms with Crippen molar-refractivity contribution in [2.45, 2.75) is 33.7 Å². The lowest BCUT2D eigenvalue weighted by atomic mass is 10.1. The van der Waals surface area contributed by atoms with Crippen LogP contribution in [0, 0.1) is 5.92 Å². The monoisotopic (exact) mass is 321 g/mol. The summed E-state index contributed by atoms with van der Waals surface area (Å²) in [7, 11) is 1.63. The Kier molecular flexibility index (Phi) is 9.82. The fraction of sp³-hybridized carbons (Fsp3) is 0.600. The van der Waals surface area contributed by atoms with Crippen LogP contribution in [0.15, 0.2) is 12.1 Å². The smallest absolute Gasteiger partial charge is 0.165 e. The zero-order valence-corrected chi connectivity index (χ0v) is 14.2. The summed E-state index contributed by atoms with van der Waals surface area (Å²) in [6.45, 7) is 8.73. The third kappa shape index (κ3) is 6.21. The maximum absolute atomic E-state index is 6.10. The van der Waals surface area contributed by atoms with Crippen molar-refractivity contribution in [2.75, 3.05) is 20.3 Å². The highest BCUT2D eigenvalue weighted by Crippen LogP contribution is 2.34. The molecule has 0 unspecified atom stereocenters. The lowest BCUT2D eigenvalue weighted by Gasteiger charge is -2.15. The average molecular weight is 322 g/mol. The maximum Gasteiger partial charge on any atom is 0.165 e. The highest BCUT2D eigenvalue weighted by atomic mass is 35.5. The number of hydrogen-bond acceptors (Lipinski definition) is 3. The van der Waals surface area contributed by atoms with Gasteiger partial charge in [0.2, 0.25) is 0 Å². The molecule has 0 aromatic heterocycles. The Morgan fingerprint density at radius 3 is 2.55 bits per heavy atom. The van der Waals surface area contributed by atoms with Gasteiger partial charge in [-0.15, -0.1) is 12.4 Å². The quantitative estimate of drug-likeness (QED) is 0.724. The molecule has 3 nitrogen and oxygen atoms in total. The summed E-state index contributed by atoms with van der Waals surface area (Å²) >= 11 is 6.10. The van der Waals surface area contributed by atoms with Gasteiger partial charge in [-0.1, -0.05) is 25.4 Å². The van der Waals surface area contributed by atoms with Crippen LogP contribution in [0.4, 0.5) is 0 Å². The molecule has 0 aliphatic rings. The van der Waals surface area contributed by atoms with E-state index in [1.54, 1.807) is 13.2 Å². The lowest BCUT2D eigenvalue weighted by Crippen LogP contribution is -2.17. The van der Waals surface area contributed by atoms with Crippen LogP contribution in [0.5, 0.6) is 11.5 Å². The molecule has 1 rings (SSSR count). The van der Waals surface area contributed by atoms with E-state index < -0.39 is 0 Å². The summed E-state index contributed by atoms with van der Waals surface area (Å²) in [4.78, 5) is 0. The largest absolute Gasteiger partial charge is 0.493 e. The van der Waals surface area contributed by atoms with E-state index in [1.165, 1.54) is 0 Å². The van der Waals surface area contributed by atoms with Crippen LogP contribution >= 0.6 is 24.0 Å². The van der Waals surface area contributed by atoms with Crippen molar-refractivity contribution in [3.63, 3.8) is 0 Å². The number of benzene rings is 1. The first kappa shape index (κ1) is 19.4. The fourth-order valence-corrected chi connectivity index (χ4v) is 2.06. The SMILES string of the molecule is CCOc1c(CNCCC(C)C)cc(Cl)cc1OC.Cl. The first-order valence-electron chi connectivity index (χ1n) is 6.78. The van der Waals surface area contributed by atoms with Crippen molar-refractivity contribution >= 4 is 24.0 Å². The summed E-state index contributed by atoms with van der Waals surface area (Å²) in [6.07, 6.45) is 1.15. The molecule has 0 spiro atoms. The molecule has 0 saturated heterocycles. The molecule has 0 amide bonds. The van der Waals surface area contributed by atoms with Crippen LogP contribution in [0.2, 0.25) is 5.02 Å². The van der Waals surface area contributed by atoms with Gasteiger partial charge < -0.3 is 14.8 Å². The van der Waals surface area contributed by atoms with E-state index in [4.69, 9.17) is 21.1 Å². The number of hydrogen-bond donors (Lipinski definition) is 1. The molecular weight excluding hydrogens is 297 g/mol. The number of halogens is 2. The normalized spacial score (nSPS) is 10.3. The van der Waals surface area contributed by atoms with Gasteiger partial charge in [0.15, 0.2) is 11.5 Å². The molecule has 1 aromatic rings. The summed E-state index contributed by atoms with van der Waals surface area (Å²) in [5.74, 6) is 2.18. The van der Waals surface area contributed by atoms with E-state index in [1.807, 2.05) is 13.0 Å². The van der Waals surface area contributed by atoms with Crippen LogP contribution in [-0.4, -0.2) is 20.3 Å². The molecule has 1 aromatic carbocycles. The fourth-order valence-electron chi connectivity index (χ4n) is 1.83. The molecule has 1 N–H and O–H groups in total. The number of ether oxygens (including phenoxy) is 2. The second kappa shape index (κ2) is 10.1. The lowest BCUT2D eigenvalue weighted by molar-refractivity contribution is 0.306. The average Bonchev–Trinajstić information content (AvgIpc) is 2.36. The van der Waals surface area contributed by atoms with E-state index in [2.05, 4.69) is 19.2 Å². The van der Waals surface area contributed by atoms with E-state index in [0.29, 0.717) is 23.3 Å². The zero-order valence-electron chi connectivity index (χ0n) is 12.7. The first-order chi connectivity index (χ1) is 9.08. The molecule has 0 fully saturated rings. The number of nitrogens with one attached hydrogen (secondary N) is 1. The van der Waals surface area contributed by atoms with Gasteiger partial charge in [0, 0.05) is 23.2 Å². The van der Waals surface area contributed by atoms with Gasteiger partial charge >= 0.3 is 0 Å². The molecule has 0 bridgehead atoms. The Bertz CT molecular complexity index is 398. The minimum atomic E-state index is 0. The minimum Gasteiger partial charge on any atom is -0.493 e. The predicted molar refractivity (Wildman–Crippen MR) is 87.6 cm³/mol. The van der Waals surface area contributed by atoms with Gasteiger partial charge in [0.1, 0.15) is 0 Å². The van der Waals surface area contributed by atoms with Crippen LogP contribution in [0.1, 0.15) is 32.8 Å². The van der Waals surface area contributed by atoms with Crippen molar-refractivity contribution in [1.82, 2.24) is 5.32 Å². The van der Waals surface area contributed by atoms with Gasteiger partial charge in [0.05, 0.1) is 13.7 Å². The second-order valence-corrected chi connectivity index (χ2v) is 5.33. The van der Waals surface area contributed by atoms with Crippen LogP contribution in [0.25, 0.3) is 0 Å². The van der Waals surface area contributed by atoms with Gasteiger partial charge in [-0.2, -0.15) is 0 Å². The van der Waals surface area contributed by atoms with Gasteiger partial charge in [-0.25, -0.2) is 0 Å². The summed E-state index contributed by atoms with van der Waals surface area (Å²) < 4.78 is 11.0. The zero-order chi connectivity index (χ0) is 14.3. The Balaban J connectivity index is 0.00000361. The Labute approximate surface area is 133 Å². The molecule has 0 radical (unpaired) electrons. The third-order valence-corrected chi connectivity index (χ3v) is 3.04. The number of methoxy groups -OCH3 is 1. The molecule has 20 heavy (non-hydrogen) atoms. The molecule has 0 atom stereocenters. The van der Waals surface area contributed by atoms with Gasteiger partial charge in [0.25, 0.3) is 0 Å². The topological polar surface area (TPSA) is 30.5 Å². The van der Waals surface area contributed by atoms with Crippen molar-refractivity contribution in [2.24, 2.45) is 5.92 Å². The van der Waals surface area contributed by atoms with Crippen LogP contribution in [-0.2, 0) is 6.54 Å². The van der Waals surface area contributed by atoms with Crippen molar-refractivity contribution in [1.29, 1.82) is 0 Å². The Hall–Kier alpha value is -0.640. The van der Waals surface area contributed by atoms with E-state index in [9.17, 15) is 0 Å². The summed E-state index contributed by atoms with van der Waals surface area (Å²) in [5.41, 5.74) is 1.04. The molecule has 0 aliphatic carbocycles. The third-order valence-electron chi connectivity index (χ3n) is 2.82. The van der Waals surface area contributed by atoms with E-state index in [-0.39, 0.29) is 12.4 Å². The Morgan fingerprint density at radius 1 is 1.30 bits per heavy atom. The second-order valence-electron chi connectivity index (χ2n) is 4.89. The molecule has 0 saturated carbocycles. The van der Waals surface area contributed by atoms with E-state index in [0.717, 1.165) is 30.8 Å². The predicted octanol–water partition coefficient (Wildman–Crippen LogP) is 4.30. The van der Waals surface area contributed by atoms with Gasteiger partial charge in [-0.05, 0) is 31.9 Å². The molecular formula is C15H25Cl2NO2. The molecule has 0 aliphatic heterocycles. The first-order valence-corrected chi connectivity index (χ1v) is 7.16. The molecule has 5 heteroatoms. The van der Waals surface area contributed by atoms with Crippen molar-refractivity contribution in [3.8, 4) is 11.5 Å². The highest BCUT2D eigenvalue weighted by Gasteiger charge is 2.12.